The van der Waals surface area contributed by atoms with Crippen molar-refractivity contribution in [3.8, 4) is 0 Å². The summed E-state index contributed by atoms with van der Waals surface area (Å²) in [6.45, 7) is 8.41. The number of hydrogen-bond donors (Lipinski definition) is 1. The lowest BCUT2D eigenvalue weighted by atomic mass is 9.83. The molecule has 1 atom stereocenters. The van der Waals surface area contributed by atoms with E-state index in [0.717, 1.165) is 25.1 Å². The molecule has 0 saturated carbocycles. The summed E-state index contributed by atoms with van der Waals surface area (Å²) in [4.78, 5) is 14.7. The lowest BCUT2D eigenvalue weighted by molar-refractivity contribution is -0.135. The van der Waals surface area contributed by atoms with Gasteiger partial charge < -0.3 is 10.6 Å². The molecule has 1 aromatic rings. The second-order valence-electron chi connectivity index (χ2n) is 6.48. The van der Waals surface area contributed by atoms with E-state index in [0.29, 0.717) is 6.54 Å². The molecular formula is C16H24N2O. The lowest BCUT2D eigenvalue weighted by Gasteiger charge is -2.31. The molecule has 1 amide bonds. The first kappa shape index (κ1) is 14.1. The van der Waals surface area contributed by atoms with Crippen molar-refractivity contribution < 1.29 is 4.79 Å². The molecule has 0 spiro atoms. The maximum absolute atomic E-state index is 12.8. The van der Waals surface area contributed by atoms with E-state index in [1.54, 1.807) is 0 Å². The van der Waals surface area contributed by atoms with E-state index >= 15 is 0 Å². The minimum atomic E-state index is -0.471. The first-order chi connectivity index (χ1) is 8.89. The minimum Gasteiger partial charge on any atom is -0.341 e. The molecule has 3 nitrogen and oxygen atoms in total. The van der Waals surface area contributed by atoms with Gasteiger partial charge >= 0.3 is 0 Å². The molecule has 0 aliphatic carbocycles. The van der Waals surface area contributed by atoms with Crippen LogP contribution in [0.4, 0.5) is 0 Å². The predicted octanol–water partition coefficient (Wildman–Crippen LogP) is 2.16. The molecular weight excluding hydrogens is 236 g/mol. The van der Waals surface area contributed by atoms with Crippen LogP contribution >= 0.6 is 0 Å². The molecule has 104 valence electrons. The van der Waals surface area contributed by atoms with Gasteiger partial charge in [-0.3, -0.25) is 4.79 Å². The molecule has 2 rings (SSSR count). The highest BCUT2D eigenvalue weighted by atomic mass is 16.2. The van der Waals surface area contributed by atoms with Crippen LogP contribution in [0.1, 0.15) is 32.8 Å². The number of nitrogens with zero attached hydrogens (tertiary/aromatic N) is 1. The van der Waals surface area contributed by atoms with Crippen molar-refractivity contribution in [1.29, 1.82) is 0 Å². The van der Waals surface area contributed by atoms with Crippen molar-refractivity contribution in [3.05, 3.63) is 35.9 Å². The summed E-state index contributed by atoms with van der Waals surface area (Å²) in [7, 11) is 0. The van der Waals surface area contributed by atoms with Gasteiger partial charge in [0.1, 0.15) is 0 Å². The quantitative estimate of drug-likeness (QED) is 0.905. The minimum absolute atomic E-state index is 0.0857. The number of carbonyl (C=O) groups is 1. The van der Waals surface area contributed by atoms with Gasteiger partial charge in [0, 0.05) is 13.1 Å². The first-order valence-electron chi connectivity index (χ1n) is 6.94. The van der Waals surface area contributed by atoms with Crippen LogP contribution in [0.2, 0.25) is 0 Å². The standard InChI is InChI=1S/C16H24N2O/c1-15(2,13-7-5-4-6-8-13)14(19)18-10-9-16(3,11-17)12-18/h4-8H,9-12,17H2,1-3H3. The highest BCUT2D eigenvalue weighted by molar-refractivity contribution is 5.87. The van der Waals surface area contributed by atoms with Gasteiger partial charge in [-0.05, 0) is 37.8 Å². The van der Waals surface area contributed by atoms with E-state index < -0.39 is 5.41 Å². The third kappa shape index (κ3) is 2.66. The van der Waals surface area contributed by atoms with Gasteiger partial charge in [-0.25, -0.2) is 0 Å². The van der Waals surface area contributed by atoms with Crippen molar-refractivity contribution in [2.75, 3.05) is 19.6 Å². The van der Waals surface area contributed by atoms with E-state index in [1.165, 1.54) is 0 Å². The summed E-state index contributed by atoms with van der Waals surface area (Å²) in [6, 6.07) is 9.99. The average molecular weight is 260 g/mol. The van der Waals surface area contributed by atoms with Crippen LogP contribution in [0, 0.1) is 5.41 Å². The van der Waals surface area contributed by atoms with Gasteiger partial charge in [-0.2, -0.15) is 0 Å². The van der Waals surface area contributed by atoms with Crippen molar-refractivity contribution >= 4 is 5.91 Å². The van der Waals surface area contributed by atoms with Gasteiger partial charge in [0.2, 0.25) is 5.91 Å². The second-order valence-corrected chi connectivity index (χ2v) is 6.48. The second kappa shape index (κ2) is 4.97. The fraction of sp³-hybridized carbons (Fsp3) is 0.562. The number of hydrogen-bond acceptors (Lipinski definition) is 2. The van der Waals surface area contributed by atoms with Crippen molar-refractivity contribution in [2.24, 2.45) is 11.1 Å². The van der Waals surface area contributed by atoms with Crippen LogP contribution in [-0.4, -0.2) is 30.4 Å². The van der Waals surface area contributed by atoms with E-state index in [-0.39, 0.29) is 11.3 Å². The Kier molecular flexibility index (Phi) is 3.68. The van der Waals surface area contributed by atoms with Crippen molar-refractivity contribution in [3.63, 3.8) is 0 Å². The van der Waals surface area contributed by atoms with E-state index in [9.17, 15) is 4.79 Å². The van der Waals surface area contributed by atoms with E-state index in [1.807, 2.05) is 49.1 Å². The van der Waals surface area contributed by atoms with Crippen LogP contribution < -0.4 is 5.73 Å². The number of carbonyl (C=O) groups excluding carboxylic acids is 1. The lowest BCUT2D eigenvalue weighted by Crippen LogP contribution is -2.43. The average Bonchev–Trinajstić information content (AvgIpc) is 2.82. The molecule has 1 unspecified atom stereocenters. The molecule has 1 fully saturated rings. The summed E-state index contributed by atoms with van der Waals surface area (Å²) in [6.07, 6.45) is 1.00. The van der Waals surface area contributed by atoms with Gasteiger partial charge in [0.15, 0.2) is 0 Å². The summed E-state index contributed by atoms with van der Waals surface area (Å²) >= 11 is 0. The Morgan fingerprint density at radius 2 is 2.00 bits per heavy atom. The zero-order chi connectivity index (χ0) is 14.1. The summed E-state index contributed by atoms with van der Waals surface area (Å²) in [5.74, 6) is 0.205. The van der Waals surface area contributed by atoms with Crippen LogP contribution in [0.25, 0.3) is 0 Å². The van der Waals surface area contributed by atoms with Crippen LogP contribution in [0.3, 0.4) is 0 Å². The number of rotatable bonds is 3. The fourth-order valence-electron chi connectivity index (χ4n) is 2.74. The fourth-order valence-corrected chi connectivity index (χ4v) is 2.74. The SMILES string of the molecule is CC1(CN)CCN(C(=O)C(C)(C)c2ccccc2)C1. The Labute approximate surface area is 115 Å². The van der Waals surface area contributed by atoms with Crippen LogP contribution in [0.5, 0.6) is 0 Å². The number of nitrogens with two attached hydrogens (primary N) is 1. The van der Waals surface area contributed by atoms with Gasteiger partial charge in [-0.1, -0.05) is 37.3 Å². The molecule has 0 radical (unpaired) electrons. The molecule has 3 heteroatoms. The highest BCUT2D eigenvalue weighted by Crippen LogP contribution is 2.33. The molecule has 1 aromatic carbocycles. The molecule has 0 bridgehead atoms. The zero-order valence-corrected chi connectivity index (χ0v) is 12.1. The van der Waals surface area contributed by atoms with Crippen molar-refractivity contribution in [2.45, 2.75) is 32.6 Å². The molecule has 19 heavy (non-hydrogen) atoms. The Morgan fingerprint density at radius 3 is 2.53 bits per heavy atom. The van der Waals surface area contributed by atoms with Crippen molar-refractivity contribution in [1.82, 2.24) is 4.90 Å². The summed E-state index contributed by atoms with van der Waals surface area (Å²) < 4.78 is 0. The third-order valence-corrected chi connectivity index (χ3v) is 4.37. The molecule has 1 heterocycles. The van der Waals surface area contributed by atoms with Gasteiger partial charge in [-0.15, -0.1) is 0 Å². The molecule has 1 aliphatic heterocycles. The Hall–Kier alpha value is -1.35. The maximum Gasteiger partial charge on any atom is 0.232 e. The predicted molar refractivity (Wildman–Crippen MR) is 77.8 cm³/mol. The number of benzene rings is 1. The summed E-state index contributed by atoms with van der Waals surface area (Å²) in [5, 5.41) is 0. The largest absolute Gasteiger partial charge is 0.341 e. The van der Waals surface area contributed by atoms with Gasteiger partial charge in [0.25, 0.3) is 0 Å². The topological polar surface area (TPSA) is 46.3 Å². The molecule has 1 aliphatic rings. The Bertz CT molecular complexity index is 455. The van der Waals surface area contributed by atoms with Crippen LogP contribution in [-0.2, 0) is 10.2 Å². The van der Waals surface area contributed by atoms with E-state index in [4.69, 9.17) is 5.73 Å². The molecule has 1 saturated heterocycles. The first-order valence-corrected chi connectivity index (χ1v) is 6.94. The third-order valence-electron chi connectivity index (χ3n) is 4.37. The van der Waals surface area contributed by atoms with Crippen LogP contribution in [0.15, 0.2) is 30.3 Å². The van der Waals surface area contributed by atoms with Gasteiger partial charge in [0.05, 0.1) is 5.41 Å². The monoisotopic (exact) mass is 260 g/mol. The number of amides is 1. The Balaban J connectivity index is 2.16. The Morgan fingerprint density at radius 1 is 1.37 bits per heavy atom. The summed E-state index contributed by atoms with van der Waals surface area (Å²) in [5.41, 5.74) is 6.50. The maximum atomic E-state index is 12.8. The highest BCUT2D eigenvalue weighted by Gasteiger charge is 2.40. The van der Waals surface area contributed by atoms with E-state index in [2.05, 4.69) is 6.92 Å². The molecule has 0 aromatic heterocycles. The molecule has 2 N–H and O–H groups in total. The normalized spacial score (nSPS) is 23.7. The zero-order valence-electron chi connectivity index (χ0n) is 12.1. The number of likely N-dealkylation sites (tertiary alicyclic amines) is 1. The smallest absolute Gasteiger partial charge is 0.232 e.